The number of nitrogens with zero attached hydrogens (tertiary/aromatic N) is 6. The van der Waals surface area contributed by atoms with Crippen molar-refractivity contribution in [3.05, 3.63) is 46.3 Å². The molecule has 6 rings (SSSR count). The van der Waals surface area contributed by atoms with Crippen molar-refractivity contribution in [2.24, 2.45) is 0 Å². The van der Waals surface area contributed by atoms with Gasteiger partial charge in [0.2, 0.25) is 11.4 Å². The summed E-state index contributed by atoms with van der Waals surface area (Å²) in [5, 5.41) is 12.8. The average Bonchev–Trinajstić information content (AvgIpc) is 2.97. The molecule has 0 radical (unpaired) electrons. The number of carbonyl (C=O) groups is 1. The molecule has 5 heterocycles. The van der Waals surface area contributed by atoms with Gasteiger partial charge in [-0.1, -0.05) is 13.8 Å². The van der Waals surface area contributed by atoms with Crippen LogP contribution in [0, 0.1) is 5.82 Å². The van der Waals surface area contributed by atoms with Crippen molar-refractivity contribution in [1.29, 1.82) is 0 Å². The minimum absolute atomic E-state index is 0.0167. The monoisotopic (exact) mass is 539 g/mol. The Morgan fingerprint density at radius 3 is 2.33 bits per heavy atom. The average molecular weight is 540 g/mol. The van der Waals surface area contributed by atoms with Crippen LogP contribution in [0.4, 0.5) is 21.7 Å². The van der Waals surface area contributed by atoms with Crippen LogP contribution in [0.1, 0.15) is 37.2 Å². The second kappa shape index (κ2) is 11.0. The van der Waals surface area contributed by atoms with E-state index < -0.39 is 17.2 Å². The molecule has 12 heteroatoms. The summed E-state index contributed by atoms with van der Waals surface area (Å²) in [7, 11) is 0. The van der Waals surface area contributed by atoms with Crippen molar-refractivity contribution < 1.29 is 19.0 Å². The number of benzene rings is 1. The summed E-state index contributed by atoms with van der Waals surface area (Å²) in [5.74, 6) is -0.911. The maximum absolute atomic E-state index is 15.5. The standard InChI is InChI=1S/C25H28FN7O4.C2H6/c1-15-14-37-23-20-17(22(34)18(24(35)36)13-33(15)20)10-19(26)21(23)31-8-6-30(7-9-31)16-11-28-25(29-12-16)32-4-2-27-3-5-32;1-2/h10-13,15,27H,2-9,14H2,1H3,(H,35,36);1-2H3/t15-;/m0./s1. The summed E-state index contributed by atoms with van der Waals surface area (Å²) in [6.07, 6.45) is 5.01. The first-order chi connectivity index (χ1) is 18.9. The third kappa shape index (κ3) is 4.84. The minimum Gasteiger partial charge on any atom is -0.487 e. The van der Waals surface area contributed by atoms with Gasteiger partial charge in [-0.05, 0) is 13.0 Å². The largest absolute Gasteiger partial charge is 0.487 e. The summed E-state index contributed by atoms with van der Waals surface area (Å²) in [4.78, 5) is 39.8. The van der Waals surface area contributed by atoms with E-state index in [9.17, 15) is 14.7 Å². The molecule has 1 atom stereocenters. The number of carboxylic acids is 1. The van der Waals surface area contributed by atoms with Crippen LogP contribution in [0.3, 0.4) is 0 Å². The quantitative estimate of drug-likeness (QED) is 0.512. The van der Waals surface area contributed by atoms with E-state index in [2.05, 4.69) is 25.1 Å². The molecule has 3 aromatic rings. The molecule has 0 spiro atoms. The Bertz CT molecular complexity index is 1410. The molecular formula is C27H34FN7O4. The Morgan fingerprint density at radius 2 is 1.69 bits per heavy atom. The molecule has 0 aliphatic carbocycles. The second-order valence-electron chi connectivity index (χ2n) is 9.63. The fourth-order valence-electron chi connectivity index (χ4n) is 5.35. The maximum Gasteiger partial charge on any atom is 0.341 e. The highest BCUT2D eigenvalue weighted by Gasteiger charge is 2.31. The molecule has 2 fully saturated rings. The molecule has 2 aromatic heterocycles. The number of hydrogen-bond acceptors (Lipinski definition) is 9. The zero-order valence-corrected chi connectivity index (χ0v) is 22.5. The number of nitrogens with one attached hydrogen (secondary N) is 1. The van der Waals surface area contributed by atoms with Crippen LogP contribution in [0.25, 0.3) is 10.9 Å². The van der Waals surface area contributed by atoms with Gasteiger partial charge in [-0.2, -0.15) is 0 Å². The van der Waals surface area contributed by atoms with Gasteiger partial charge in [0.15, 0.2) is 11.6 Å². The van der Waals surface area contributed by atoms with Gasteiger partial charge in [0.05, 0.1) is 35.0 Å². The smallest absolute Gasteiger partial charge is 0.341 e. The van der Waals surface area contributed by atoms with Crippen LogP contribution in [0.2, 0.25) is 0 Å². The Kier molecular flexibility index (Phi) is 7.56. The Morgan fingerprint density at radius 1 is 1.05 bits per heavy atom. The zero-order chi connectivity index (χ0) is 27.7. The number of anilines is 3. The van der Waals surface area contributed by atoms with Crippen LogP contribution in [0.15, 0.2) is 29.5 Å². The van der Waals surface area contributed by atoms with Crippen molar-refractivity contribution >= 4 is 34.2 Å². The first-order valence-electron chi connectivity index (χ1n) is 13.5. The lowest BCUT2D eigenvalue weighted by Crippen LogP contribution is -2.47. The number of halogens is 1. The summed E-state index contributed by atoms with van der Waals surface area (Å²) in [6.45, 7) is 12.0. The molecule has 39 heavy (non-hydrogen) atoms. The normalized spacial score (nSPS) is 18.9. The first-order valence-corrected chi connectivity index (χ1v) is 13.5. The van der Waals surface area contributed by atoms with E-state index in [1.54, 1.807) is 4.57 Å². The fraction of sp³-hybridized carbons (Fsp3) is 0.481. The topological polar surface area (TPSA) is 116 Å². The van der Waals surface area contributed by atoms with Gasteiger partial charge >= 0.3 is 5.97 Å². The molecule has 0 unspecified atom stereocenters. The molecule has 1 aromatic carbocycles. The third-order valence-corrected chi connectivity index (χ3v) is 7.36. The molecule has 11 nitrogen and oxygen atoms in total. The van der Waals surface area contributed by atoms with Gasteiger partial charge in [0, 0.05) is 58.6 Å². The van der Waals surface area contributed by atoms with Crippen molar-refractivity contribution in [2.75, 3.05) is 73.7 Å². The first kappa shape index (κ1) is 26.7. The Hall–Kier alpha value is -3.93. The molecule has 0 amide bonds. The highest BCUT2D eigenvalue weighted by atomic mass is 19.1. The van der Waals surface area contributed by atoms with Gasteiger partial charge in [-0.15, -0.1) is 0 Å². The Balaban J connectivity index is 0.00000151. The molecule has 3 aliphatic rings. The highest BCUT2D eigenvalue weighted by molar-refractivity contribution is 5.97. The van der Waals surface area contributed by atoms with E-state index in [1.165, 1.54) is 6.20 Å². The third-order valence-electron chi connectivity index (χ3n) is 7.36. The number of rotatable bonds is 4. The van der Waals surface area contributed by atoms with E-state index in [-0.39, 0.29) is 23.6 Å². The summed E-state index contributed by atoms with van der Waals surface area (Å²) < 4.78 is 23.2. The second-order valence-corrected chi connectivity index (χ2v) is 9.63. The molecule has 2 N–H and O–H groups in total. The minimum atomic E-state index is -1.33. The molecule has 3 aliphatic heterocycles. The summed E-state index contributed by atoms with van der Waals surface area (Å²) in [5.41, 5.74) is 0.569. The molecule has 208 valence electrons. The van der Waals surface area contributed by atoms with Gasteiger partial charge in [0.25, 0.3) is 0 Å². The van der Waals surface area contributed by atoms with Crippen LogP contribution in [0.5, 0.6) is 5.75 Å². The van der Waals surface area contributed by atoms with E-state index in [0.29, 0.717) is 43.1 Å². The lowest BCUT2D eigenvalue weighted by molar-refractivity contribution is 0.0694. The lowest BCUT2D eigenvalue weighted by Gasteiger charge is -2.39. The SMILES string of the molecule is CC.C[C@H]1COc2c(N3CCN(c4cnc(N5CCNCC5)nc4)CC3)c(F)cc3c(=O)c(C(=O)O)cn1c23. The molecular weight excluding hydrogens is 505 g/mol. The maximum atomic E-state index is 15.5. The number of pyridine rings is 1. The summed E-state index contributed by atoms with van der Waals surface area (Å²) >= 11 is 0. The Labute approximate surface area is 225 Å². The van der Waals surface area contributed by atoms with E-state index in [0.717, 1.165) is 43.9 Å². The number of carboxylic acid groups (broad SMARTS) is 1. The van der Waals surface area contributed by atoms with Gasteiger partial charge in [-0.3, -0.25) is 4.79 Å². The predicted molar refractivity (Wildman–Crippen MR) is 148 cm³/mol. The van der Waals surface area contributed by atoms with Gasteiger partial charge < -0.3 is 34.4 Å². The van der Waals surface area contributed by atoms with E-state index in [4.69, 9.17) is 4.74 Å². The van der Waals surface area contributed by atoms with Crippen LogP contribution >= 0.6 is 0 Å². The van der Waals surface area contributed by atoms with Gasteiger partial charge in [0.1, 0.15) is 17.9 Å². The lowest BCUT2D eigenvalue weighted by atomic mass is 10.1. The molecule has 2 saturated heterocycles. The fourth-order valence-corrected chi connectivity index (χ4v) is 5.35. The summed E-state index contributed by atoms with van der Waals surface area (Å²) in [6, 6.07) is 0.948. The van der Waals surface area contributed by atoms with Crippen molar-refractivity contribution in [2.45, 2.75) is 26.8 Å². The van der Waals surface area contributed by atoms with Crippen LogP contribution in [-0.4, -0.2) is 84.6 Å². The van der Waals surface area contributed by atoms with Crippen molar-refractivity contribution in [1.82, 2.24) is 19.9 Å². The number of aromatic carboxylic acids is 1. The highest BCUT2D eigenvalue weighted by Crippen LogP contribution is 2.42. The number of ether oxygens (including phenoxy) is 1. The number of hydrogen-bond donors (Lipinski definition) is 2. The number of aromatic nitrogens is 3. The van der Waals surface area contributed by atoms with E-state index in [1.807, 2.05) is 38.1 Å². The zero-order valence-electron chi connectivity index (χ0n) is 22.5. The molecule has 0 bridgehead atoms. The van der Waals surface area contributed by atoms with Crippen LogP contribution in [-0.2, 0) is 0 Å². The molecule has 0 saturated carbocycles. The van der Waals surface area contributed by atoms with Crippen molar-refractivity contribution in [3.8, 4) is 5.75 Å². The van der Waals surface area contributed by atoms with Gasteiger partial charge in [-0.25, -0.2) is 19.2 Å². The predicted octanol–water partition coefficient (Wildman–Crippen LogP) is 2.34. The van der Waals surface area contributed by atoms with E-state index >= 15 is 4.39 Å². The van der Waals surface area contributed by atoms with Crippen molar-refractivity contribution in [3.63, 3.8) is 0 Å². The van der Waals surface area contributed by atoms with Crippen LogP contribution < -0.4 is 30.2 Å². The number of piperazine rings is 2.